The van der Waals surface area contributed by atoms with Crippen LogP contribution >= 0.6 is 38.9 Å². The summed E-state index contributed by atoms with van der Waals surface area (Å²) in [4.78, 5) is 0.951. The average Bonchev–Trinajstić information content (AvgIpc) is 2.75. The monoisotopic (exact) mass is 394 g/mol. The van der Waals surface area contributed by atoms with Crippen molar-refractivity contribution in [3.63, 3.8) is 0 Å². The van der Waals surface area contributed by atoms with Gasteiger partial charge >= 0.3 is 0 Å². The van der Waals surface area contributed by atoms with Crippen LogP contribution in [-0.4, -0.2) is 8.42 Å². The van der Waals surface area contributed by atoms with E-state index < -0.39 is 10.0 Å². The number of benzene rings is 1. The quantitative estimate of drug-likeness (QED) is 0.828. The molecule has 0 amide bonds. The highest BCUT2D eigenvalue weighted by atomic mass is 79.9. The van der Waals surface area contributed by atoms with E-state index in [1.165, 1.54) is 11.3 Å². The first-order valence-electron chi connectivity index (χ1n) is 5.60. The Kier molecular flexibility index (Phi) is 4.76. The highest BCUT2D eigenvalue weighted by Gasteiger charge is 2.21. The topological polar surface area (TPSA) is 72.2 Å². The molecule has 108 valence electrons. The van der Waals surface area contributed by atoms with Crippen LogP contribution in [0.2, 0.25) is 5.02 Å². The van der Waals surface area contributed by atoms with Crippen molar-refractivity contribution >= 4 is 54.6 Å². The number of nitrogens with one attached hydrogen (secondary N) is 1. The van der Waals surface area contributed by atoms with Crippen LogP contribution in [0, 0.1) is 6.92 Å². The first kappa shape index (κ1) is 15.8. The van der Waals surface area contributed by atoms with Gasteiger partial charge in [0.2, 0.25) is 0 Å². The molecular weight excluding hydrogens is 384 g/mol. The van der Waals surface area contributed by atoms with Gasteiger partial charge in [0.15, 0.2) is 0 Å². The maximum Gasteiger partial charge on any atom is 0.263 e. The Labute approximate surface area is 135 Å². The minimum absolute atomic E-state index is 0.166. The molecule has 1 heterocycles. The number of halogens is 2. The minimum Gasteiger partial charge on any atom is -0.326 e. The minimum atomic E-state index is -3.70. The van der Waals surface area contributed by atoms with Gasteiger partial charge in [0.25, 0.3) is 10.0 Å². The van der Waals surface area contributed by atoms with Crippen LogP contribution in [0.25, 0.3) is 0 Å². The predicted octanol–water partition coefficient (Wildman–Crippen LogP) is 3.73. The summed E-state index contributed by atoms with van der Waals surface area (Å²) < 4.78 is 27.7. The fourth-order valence-corrected chi connectivity index (χ4v) is 5.56. The van der Waals surface area contributed by atoms with Crippen molar-refractivity contribution < 1.29 is 8.42 Å². The summed E-state index contributed by atoms with van der Waals surface area (Å²) >= 11 is 10.6. The van der Waals surface area contributed by atoms with E-state index in [1.807, 2.05) is 6.92 Å². The van der Waals surface area contributed by atoms with Gasteiger partial charge in [-0.15, -0.1) is 11.3 Å². The van der Waals surface area contributed by atoms with Gasteiger partial charge in [-0.25, -0.2) is 8.42 Å². The zero-order valence-electron chi connectivity index (χ0n) is 10.5. The number of thiophene rings is 1. The van der Waals surface area contributed by atoms with Gasteiger partial charge in [-0.1, -0.05) is 17.7 Å². The largest absolute Gasteiger partial charge is 0.326 e. The Balaban J connectivity index is 2.38. The summed E-state index contributed by atoms with van der Waals surface area (Å²) in [6.45, 7) is 2.18. The lowest BCUT2D eigenvalue weighted by Crippen LogP contribution is -2.13. The van der Waals surface area contributed by atoms with Crippen molar-refractivity contribution in [1.29, 1.82) is 0 Å². The summed E-state index contributed by atoms with van der Waals surface area (Å²) in [6, 6.07) is 6.68. The normalized spacial score (nSPS) is 11.6. The molecule has 2 aromatic rings. The summed E-state index contributed by atoms with van der Waals surface area (Å²) in [5.41, 5.74) is 6.83. The van der Waals surface area contributed by atoms with Gasteiger partial charge in [-0.05, 0) is 46.6 Å². The van der Waals surface area contributed by atoms with E-state index in [2.05, 4.69) is 20.7 Å². The lowest BCUT2D eigenvalue weighted by molar-refractivity contribution is 0.601. The lowest BCUT2D eigenvalue weighted by atomic mass is 10.2. The number of rotatable bonds is 4. The number of sulfonamides is 1. The number of nitrogens with two attached hydrogens (primary N) is 1. The zero-order valence-corrected chi connectivity index (χ0v) is 14.5. The van der Waals surface area contributed by atoms with Gasteiger partial charge in [0.1, 0.15) is 4.90 Å². The maximum absolute atomic E-state index is 12.4. The molecule has 0 aliphatic heterocycles. The van der Waals surface area contributed by atoms with E-state index in [4.69, 9.17) is 17.3 Å². The van der Waals surface area contributed by atoms with Crippen LogP contribution < -0.4 is 10.5 Å². The number of hydrogen-bond acceptors (Lipinski definition) is 4. The highest BCUT2D eigenvalue weighted by molar-refractivity contribution is 9.11. The number of aryl methyl sites for hydroxylation is 1. The fourth-order valence-electron chi connectivity index (χ4n) is 1.58. The van der Waals surface area contributed by atoms with E-state index in [9.17, 15) is 8.42 Å². The third kappa shape index (κ3) is 3.35. The molecule has 0 saturated carbocycles. The zero-order chi connectivity index (χ0) is 14.9. The molecular formula is C12H12BrClN2O2S2. The molecule has 0 radical (unpaired) electrons. The Morgan fingerprint density at radius 2 is 2.10 bits per heavy atom. The standard InChI is InChI=1S/C12H12BrClN2O2S2/c1-7-2-3-10(9(14)4-7)16-20(17,18)11-5-8(6-15)19-12(11)13/h2-5,16H,6,15H2,1H3. The van der Waals surface area contributed by atoms with Crippen LogP contribution in [0.3, 0.4) is 0 Å². The summed E-state index contributed by atoms with van der Waals surface area (Å²) in [7, 11) is -3.70. The Morgan fingerprint density at radius 3 is 2.65 bits per heavy atom. The third-order valence-electron chi connectivity index (χ3n) is 2.57. The van der Waals surface area contributed by atoms with E-state index in [0.717, 1.165) is 10.4 Å². The summed E-state index contributed by atoms with van der Waals surface area (Å²) in [6.07, 6.45) is 0. The summed E-state index contributed by atoms with van der Waals surface area (Å²) in [5, 5.41) is 0.360. The van der Waals surface area contributed by atoms with E-state index >= 15 is 0 Å². The molecule has 8 heteroatoms. The fraction of sp³-hybridized carbons (Fsp3) is 0.167. The van der Waals surface area contributed by atoms with Crippen LogP contribution in [0.15, 0.2) is 32.9 Å². The van der Waals surface area contributed by atoms with Crippen LogP contribution in [0.5, 0.6) is 0 Å². The van der Waals surface area contributed by atoms with Gasteiger partial charge in [0.05, 0.1) is 14.5 Å². The molecule has 0 bridgehead atoms. The molecule has 0 spiro atoms. The SMILES string of the molecule is Cc1ccc(NS(=O)(=O)c2cc(CN)sc2Br)c(Cl)c1. The first-order chi connectivity index (χ1) is 9.33. The van der Waals surface area contributed by atoms with E-state index in [1.54, 1.807) is 24.3 Å². The molecule has 0 saturated heterocycles. The molecule has 4 nitrogen and oxygen atoms in total. The second-order valence-corrected chi connectivity index (χ2v) is 8.66. The van der Waals surface area contributed by atoms with Crippen LogP contribution in [0.4, 0.5) is 5.69 Å². The molecule has 0 atom stereocenters. The molecule has 0 fully saturated rings. The average molecular weight is 396 g/mol. The molecule has 20 heavy (non-hydrogen) atoms. The number of anilines is 1. The molecule has 1 aromatic carbocycles. The maximum atomic E-state index is 12.4. The van der Waals surface area contributed by atoms with Gasteiger partial charge < -0.3 is 5.73 Å². The Bertz CT molecular complexity index is 744. The van der Waals surface area contributed by atoms with E-state index in [0.29, 0.717) is 21.0 Å². The van der Waals surface area contributed by atoms with Crippen molar-refractivity contribution in [2.45, 2.75) is 18.4 Å². The number of hydrogen-bond donors (Lipinski definition) is 2. The molecule has 0 aliphatic rings. The molecule has 0 aliphatic carbocycles. The van der Waals surface area contributed by atoms with Crippen molar-refractivity contribution in [3.05, 3.63) is 43.5 Å². The molecule has 1 aromatic heterocycles. The van der Waals surface area contributed by atoms with Crippen molar-refractivity contribution in [3.8, 4) is 0 Å². The second kappa shape index (κ2) is 6.03. The van der Waals surface area contributed by atoms with Crippen molar-refractivity contribution in [2.24, 2.45) is 5.73 Å². The molecule has 0 unspecified atom stereocenters. The first-order valence-corrected chi connectivity index (χ1v) is 9.08. The van der Waals surface area contributed by atoms with Crippen LogP contribution in [-0.2, 0) is 16.6 Å². The van der Waals surface area contributed by atoms with Gasteiger partial charge in [0, 0.05) is 11.4 Å². The Hall–Kier alpha value is -0.600. The smallest absolute Gasteiger partial charge is 0.263 e. The van der Waals surface area contributed by atoms with Gasteiger partial charge in [-0.2, -0.15) is 0 Å². The Morgan fingerprint density at radius 1 is 1.40 bits per heavy atom. The van der Waals surface area contributed by atoms with Gasteiger partial charge in [-0.3, -0.25) is 4.72 Å². The van der Waals surface area contributed by atoms with Crippen molar-refractivity contribution in [2.75, 3.05) is 4.72 Å². The highest BCUT2D eigenvalue weighted by Crippen LogP contribution is 2.33. The third-order valence-corrected chi connectivity index (χ3v) is 6.52. The molecule has 2 rings (SSSR count). The van der Waals surface area contributed by atoms with E-state index in [-0.39, 0.29) is 4.90 Å². The van der Waals surface area contributed by atoms with Crippen molar-refractivity contribution in [1.82, 2.24) is 0 Å². The second-order valence-electron chi connectivity index (χ2n) is 4.14. The summed E-state index contributed by atoms with van der Waals surface area (Å²) in [5.74, 6) is 0. The van der Waals surface area contributed by atoms with Crippen LogP contribution in [0.1, 0.15) is 10.4 Å². The lowest BCUT2D eigenvalue weighted by Gasteiger charge is -2.09. The molecule has 3 N–H and O–H groups in total. The predicted molar refractivity (Wildman–Crippen MR) is 86.9 cm³/mol.